The lowest BCUT2D eigenvalue weighted by Crippen LogP contribution is -2.36. The molecule has 0 aromatic carbocycles. The molecule has 0 saturated heterocycles. The van der Waals surface area contributed by atoms with Gasteiger partial charge in [0.2, 0.25) is 0 Å². The fraction of sp³-hybridized carbons (Fsp3) is 0.667. The summed E-state index contributed by atoms with van der Waals surface area (Å²) in [6, 6.07) is 5.20. The fourth-order valence-corrected chi connectivity index (χ4v) is 3.41. The van der Waals surface area contributed by atoms with Crippen molar-refractivity contribution in [3.8, 4) is 0 Å². The van der Waals surface area contributed by atoms with Gasteiger partial charge in [-0.3, -0.25) is 0 Å². The number of thiophene rings is 1. The maximum absolute atomic E-state index is 3.63. The smallest absolute Gasteiger partial charge is 0.0144 e. The van der Waals surface area contributed by atoms with E-state index in [0.717, 1.165) is 18.5 Å². The highest BCUT2D eigenvalue weighted by Gasteiger charge is 2.25. The zero-order valence-electron chi connectivity index (χ0n) is 8.83. The first kappa shape index (κ1) is 10.2. The van der Waals surface area contributed by atoms with Gasteiger partial charge >= 0.3 is 0 Å². The monoisotopic (exact) mass is 209 g/mol. The predicted octanol–water partition coefficient (Wildman–Crippen LogP) is 3.38. The normalized spacial score (nSPS) is 27.8. The largest absolute Gasteiger partial charge is 0.314 e. The Kier molecular flexibility index (Phi) is 3.60. The molecule has 1 aliphatic carbocycles. The van der Waals surface area contributed by atoms with Crippen LogP contribution in [-0.2, 0) is 0 Å². The first-order valence-electron chi connectivity index (χ1n) is 5.68. The average molecular weight is 209 g/mol. The second-order valence-corrected chi connectivity index (χ2v) is 5.05. The molecule has 0 spiro atoms. The predicted molar refractivity (Wildman–Crippen MR) is 63.0 cm³/mol. The summed E-state index contributed by atoms with van der Waals surface area (Å²) < 4.78 is 0. The van der Waals surface area contributed by atoms with E-state index in [4.69, 9.17) is 0 Å². The highest BCUT2D eigenvalue weighted by molar-refractivity contribution is 7.10. The molecule has 1 saturated carbocycles. The van der Waals surface area contributed by atoms with Crippen LogP contribution in [0.1, 0.15) is 43.4 Å². The zero-order chi connectivity index (χ0) is 9.80. The molecule has 1 N–H and O–H groups in total. The highest BCUT2D eigenvalue weighted by atomic mass is 32.1. The quantitative estimate of drug-likeness (QED) is 0.804. The Hall–Kier alpha value is -0.340. The second-order valence-electron chi connectivity index (χ2n) is 4.07. The van der Waals surface area contributed by atoms with Crippen LogP contribution in [0.25, 0.3) is 0 Å². The van der Waals surface area contributed by atoms with E-state index in [9.17, 15) is 0 Å². The Balaban J connectivity index is 2.06. The number of hydrogen-bond donors (Lipinski definition) is 1. The third-order valence-electron chi connectivity index (χ3n) is 3.14. The molecule has 0 radical (unpaired) electrons. The molecular weight excluding hydrogens is 190 g/mol. The first-order valence-corrected chi connectivity index (χ1v) is 6.56. The van der Waals surface area contributed by atoms with E-state index in [-0.39, 0.29) is 0 Å². The van der Waals surface area contributed by atoms with Crippen molar-refractivity contribution in [2.24, 2.45) is 0 Å². The van der Waals surface area contributed by atoms with E-state index >= 15 is 0 Å². The minimum atomic E-state index is 0.729. The number of nitrogens with one attached hydrogen (secondary N) is 1. The van der Waals surface area contributed by atoms with Crippen LogP contribution >= 0.6 is 11.3 Å². The molecule has 0 bridgehead atoms. The van der Waals surface area contributed by atoms with Crippen LogP contribution in [0.3, 0.4) is 0 Å². The van der Waals surface area contributed by atoms with Gasteiger partial charge in [-0.1, -0.05) is 25.8 Å². The van der Waals surface area contributed by atoms with Crippen molar-refractivity contribution in [2.75, 3.05) is 6.54 Å². The molecule has 14 heavy (non-hydrogen) atoms. The number of hydrogen-bond acceptors (Lipinski definition) is 2. The van der Waals surface area contributed by atoms with Gasteiger partial charge in [0.25, 0.3) is 0 Å². The van der Waals surface area contributed by atoms with E-state index in [1.54, 1.807) is 4.88 Å². The Labute approximate surface area is 90.5 Å². The molecule has 2 heteroatoms. The molecule has 78 valence electrons. The van der Waals surface area contributed by atoms with Crippen molar-refractivity contribution in [3.63, 3.8) is 0 Å². The van der Waals surface area contributed by atoms with Gasteiger partial charge in [0.1, 0.15) is 0 Å². The summed E-state index contributed by atoms with van der Waals surface area (Å²) in [5.41, 5.74) is 0. The van der Waals surface area contributed by atoms with E-state index < -0.39 is 0 Å². The van der Waals surface area contributed by atoms with Crippen molar-refractivity contribution in [2.45, 2.75) is 44.6 Å². The van der Waals surface area contributed by atoms with Gasteiger partial charge in [-0.05, 0) is 30.8 Å². The summed E-state index contributed by atoms with van der Waals surface area (Å²) in [4.78, 5) is 1.58. The number of rotatable bonds is 3. The van der Waals surface area contributed by atoms with Crippen molar-refractivity contribution in [1.29, 1.82) is 0 Å². The fourth-order valence-electron chi connectivity index (χ4n) is 2.48. The van der Waals surface area contributed by atoms with E-state index in [1.807, 2.05) is 11.3 Å². The van der Waals surface area contributed by atoms with Gasteiger partial charge in [0, 0.05) is 16.8 Å². The Bertz CT molecular complexity index is 253. The summed E-state index contributed by atoms with van der Waals surface area (Å²) in [6.07, 6.45) is 5.54. The van der Waals surface area contributed by atoms with Gasteiger partial charge in [-0.2, -0.15) is 0 Å². The van der Waals surface area contributed by atoms with Crippen LogP contribution in [0.4, 0.5) is 0 Å². The summed E-state index contributed by atoms with van der Waals surface area (Å²) >= 11 is 1.92. The second kappa shape index (κ2) is 4.94. The van der Waals surface area contributed by atoms with E-state index in [2.05, 4.69) is 29.8 Å². The lowest BCUT2D eigenvalue weighted by Gasteiger charge is -2.31. The van der Waals surface area contributed by atoms with Crippen molar-refractivity contribution in [3.05, 3.63) is 22.4 Å². The molecule has 2 unspecified atom stereocenters. The van der Waals surface area contributed by atoms with E-state index in [1.165, 1.54) is 25.7 Å². The van der Waals surface area contributed by atoms with Gasteiger partial charge in [0.15, 0.2) is 0 Å². The molecule has 1 nitrogen and oxygen atoms in total. The Morgan fingerprint density at radius 2 is 2.29 bits per heavy atom. The summed E-state index contributed by atoms with van der Waals surface area (Å²) in [5, 5.41) is 5.83. The maximum atomic E-state index is 3.63. The van der Waals surface area contributed by atoms with Crippen LogP contribution < -0.4 is 5.32 Å². The SMILES string of the molecule is CCNC1CCCCC1c1cccs1. The maximum Gasteiger partial charge on any atom is 0.0144 e. The van der Waals surface area contributed by atoms with Gasteiger partial charge in [-0.15, -0.1) is 11.3 Å². The van der Waals surface area contributed by atoms with Crippen molar-refractivity contribution >= 4 is 11.3 Å². The molecule has 1 aromatic heterocycles. The van der Waals surface area contributed by atoms with Gasteiger partial charge in [-0.25, -0.2) is 0 Å². The molecule has 1 heterocycles. The summed E-state index contributed by atoms with van der Waals surface area (Å²) in [7, 11) is 0. The topological polar surface area (TPSA) is 12.0 Å². The molecule has 2 rings (SSSR count). The molecule has 1 aliphatic rings. The lowest BCUT2D eigenvalue weighted by molar-refractivity contribution is 0.336. The van der Waals surface area contributed by atoms with Crippen LogP contribution in [0.5, 0.6) is 0 Å². The van der Waals surface area contributed by atoms with Crippen LogP contribution in [0, 0.1) is 0 Å². The van der Waals surface area contributed by atoms with Gasteiger partial charge in [0.05, 0.1) is 0 Å². The molecule has 0 aliphatic heterocycles. The van der Waals surface area contributed by atoms with Crippen molar-refractivity contribution < 1.29 is 0 Å². The molecule has 0 amide bonds. The Morgan fingerprint density at radius 1 is 1.43 bits per heavy atom. The molecule has 1 fully saturated rings. The Morgan fingerprint density at radius 3 is 3.00 bits per heavy atom. The standard InChI is InChI=1S/C12H19NS/c1-2-13-11-7-4-3-6-10(11)12-8-5-9-14-12/h5,8-11,13H,2-4,6-7H2,1H3. The first-order chi connectivity index (χ1) is 6.92. The molecule has 2 atom stereocenters. The lowest BCUT2D eigenvalue weighted by atomic mass is 9.83. The number of likely N-dealkylation sites (N-methyl/N-ethyl adjacent to an activating group) is 1. The van der Waals surface area contributed by atoms with Crippen molar-refractivity contribution in [1.82, 2.24) is 5.32 Å². The third kappa shape index (κ3) is 2.18. The molecule has 1 aromatic rings. The van der Waals surface area contributed by atoms with E-state index in [0.29, 0.717) is 0 Å². The third-order valence-corrected chi connectivity index (χ3v) is 4.15. The summed E-state index contributed by atoms with van der Waals surface area (Å²) in [6.45, 7) is 3.31. The van der Waals surface area contributed by atoms with Gasteiger partial charge < -0.3 is 5.32 Å². The van der Waals surface area contributed by atoms with Crippen LogP contribution in [-0.4, -0.2) is 12.6 Å². The zero-order valence-corrected chi connectivity index (χ0v) is 9.65. The molecular formula is C12H19NS. The minimum absolute atomic E-state index is 0.729. The highest BCUT2D eigenvalue weighted by Crippen LogP contribution is 2.35. The minimum Gasteiger partial charge on any atom is -0.314 e. The van der Waals surface area contributed by atoms with Crippen LogP contribution in [0.2, 0.25) is 0 Å². The summed E-state index contributed by atoms with van der Waals surface area (Å²) in [5.74, 6) is 0.781. The van der Waals surface area contributed by atoms with Crippen LogP contribution in [0.15, 0.2) is 17.5 Å². The average Bonchev–Trinajstić information content (AvgIpc) is 2.72.